The summed E-state index contributed by atoms with van der Waals surface area (Å²) in [5.41, 5.74) is 12.5. The minimum absolute atomic E-state index is 0.00746. The fourth-order valence-corrected chi connectivity index (χ4v) is 6.90. The number of aromatic amines is 1. The summed E-state index contributed by atoms with van der Waals surface area (Å²) in [6.07, 6.45) is 2.16. The Balaban J connectivity index is 1.35. The summed E-state index contributed by atoms with van der Waals surface area (Å²) in [7, 11) is 1.86. The van der Waals surface area contributed by atoms with Crippen molar-refractivity contribution >= 4 is 86.3 Å². The van der Waals surface area contributed by atoms with E-state index in [0.717, 1.165) is 27.3 Å². The first-order valence-electron chi connectivity index (χ1n) is 13.3. The Morgan fingerprint density at radius 1 is 1.38 bits per heavy atom. The van der Waals surface area contributed by atoms with E-state index in [1.54, 1.807) is 23.0 Å². The van der Waals surface area contributed by atoms with E-state index in [4.69, 9.17) is 33.0 Å². The molecule has 3 aromatic heterocycles. The molecule has 0 radical (unpaired) electrons. The van der Waals surface area contributed by atoms with E-state index < -0.39 is 47.0 Å². The van der Waals surface area contributed by atoms with Crippen molar-refractivity contribution in [3.63, 3.8) is 0 Å². The summed E-state index contributed by atoms with van der Waals surface area (Å²) >= 11 is 8.30. The van der Waals surface area contributed by atoms with E-state index in [1.807, 2.05) is 11.9 Å². The summed E-state index contributed by atoms with van der Waals surface area (Å²) in [6, 6.07) is 0.682. The first kappa shape index (κ1) is 31.9. The Morgan fingerprint density at radius 3 is 2.78 bits per heavy atom. The van der Waals surface area contributed by atoms with Gasteiger partial charge in [-0.15, -0.1) is 11.8 Å². The van der Waals surface area contributed by atoms with Crippen LogP contribution in [0.4, 0.5) is 11.1 Å². The van der Waals surface area contributed by atoms with Crippen molar-refractivity contribution in [3.05, 3.63) is 39.8 Å². The molecule has 1 unspecified atom stereocenters. The van der Waals surface area contributed by atoms with Crippen LogP contribution >= 0.6 is 34.7 Å². The van der Waals surface area contributed by atoms with Crippen molar-refractivity contribution < 1.29 is 38.8 Å². The third-order valence-corrected chi connectivity index (χ3v) is 9.32. The van der Waals surface area contributed by atoms with Gasteiger partial charge in [0.15, 0.2) is 29.8 Å². The highest BCUT2D eigenvalue weighted by molar-refractivity contribution is 8.00. The average Bonchev–Trinajstić information content (AvgIpc) is 3.57. The predicted octanol–water partition coefficient (Wildman–Crippen LogP) is -0.430. The number of carboxylic acids is 2. The highest BCUT2D eigenvalue weighted by Crippen LogP contribution is 2.40. The van der Waals surface area contributed by atoms with Crippen LogP contribution in [0.15, 0.2) is 34.9 Å². The number of rotatable bonds is 12. The number of anilines is 2. The molecule has 0 aromatic carbocycles. The number of amides is 2. The van der Waals surface area contributed by atoms with Gasteiger partial charge < -0.3 is 41.7 Å². The number of imidazole rings is 1. The van der Waals surface area contributed by atoms with Crippen LogP contribution in [0.25, 0.3) is 11.0 Å². The van der Waals surface area contributed by atoms with Crippen molar-refractivity contribution in [1.82, 2.24) is 25.2 Å². The normalized spacial score (nSPS) is 18.8. The number of fused-ring (bicyclic) bond motifs is 2. The SMILES string of the molecule is C[C@H](ON=C(C(=O)N[C@@H]1C(=O)N2C(C(=O)O)=C(C[n+]3ccc4nc(N(C)CCN)[nH]c4c3)CSC12)c1nc(N)sc1Cl)C(=O)O. The maximum atomic E-state index is 13.3. The highest BCUT2D eigenvalue weighted by Gasteiger charge is 2.55. The van der Waals surface area contributed by atoms with Gasteiger partial charge in [-0.05, 0) is 6.92 Å². The molecule has 1 fully saturated rings. The van der Waals surface area contributed by atoms with Crippen LogP contribution in [0.2, 0.25) is 4.34 Å². The second-order valence-corrected chi connectivity index (χ2v) is 12.7. The van der Waals surface area contributed by atoms with Gasteiger partial charge in [0.25, 0.3) is 11.8 Å². The van der Waals surface area contributed by atoms with Crippen LogP contribution in [0.5, 0.6) is 0 Å². The lowest BCUT2D eigenvalue weighted by molar-refractivity contribution is -0.687. The van der Waals surface area contributed by atoms with Crippen LogP contribution in [-0.2, 0) is 30.6 Å². The molecule has 2 aliphatic rings. The van der Waals surface area contributed by atoms with Gasteiger partial charge in [0.2, 0.25) is 12.1 Å². The number of carbonyl (C=O) groups is 4. The number of carbonyl (C=O) groups excluding carboxylic acids is 2. The van der Waals surface area contributed by atoms with E-state index in [1.165, 1.54) is 18.7 Å². The van der Waals surface area contributed by atoms with Gasteiger partial charge >= 0.3 is 11.9 Å². The molecule has 20 heteroatoms. The number of oxime groups is 1. The van der Waals surface area contributed by atoms with Gasteiger partial charge in [-0.25, -0.2) is 19.6 Å². The molecule has 0 bridgehead atoms. The number of aromatic nitrogens is 4. The largest absolute Gasteiger partial charge is 0.478 e. The zero-order valence-electron chi connectivity index (χ0n) is 23.8. The second-order valence-electron chi connectivity index (χ2n) is 10.0. The van der Waals surface area contributed by atoms with E-state index >= 15 is 0 Å². The molecular weight excluding hydrogens is 652 g/mol. The number of β-lactam (4-membered cyclic amide) rings is 1. The first-order chi connectivity index (χ1) is 21.4. The predicted molar refractivity (Wildman–Crippen MR) is 165 cm³/mol. The molecule has 5 rings (SSSR count). The molecule has 2 amide bonds. The molecule has 3 atom stereocenters. The molecule has 45 heavy (non-hydrogen) atoms. The van der Waals surface area contributed by atoms with Gasteiger partial charge in [-0.2, -0.15) is 4.57 Å². The smallest absolute Gasteiger partial charge is 0.352 e. The number of likely N-dealkylation sites (N-methyl/N-ethyl adjacent to an activating group) is 1. The van der Waals surface area contributed by atoms with Gasteiger partial charge in [0.1, 0.15) is 38.2 Å². The zero-order valence-corrected chi connectivity index (χ0v) is 26.1. The van der Waals surface area contributed by atoms with Gasteiger partial charge in [-0.1, -0.05) is 28.1 Å². The zero-order chi connectivity index (χ0) is 32.6. The molecule has 1 saturated heterocycles. The van der Waals surface area contributed by atoms with Crippen molar-refractivity contribution in [1.29, 1.82) is 0 Å². The van der Waals surface area contributed by atoms with Gasteiger partial charge in [-0.3, -0.25) is 14.5 Å². The quantitative estimate of drug-likeness (QED) is 0.0616. The lowest BCUT2D eigenvalue weighted by atomic mass is 10.0. The maximum Gasteiger partial charge on any atom is 0.352 e. The van der Waals surface area contributed by atoms with Crippen LogP contribution in [0.3, 0.4) is 0 Å². The molecule has 0 spiro atoms. The molecule has 3 aromatic rings. The Hall–Kier alpha value is -4.46. The number of nitrogen functional groups attached to an aromatic ring is 1. The molecular formula is C25H28ClN10O7S2+. The minimum atomic E-state index is -1.41. The number of hydrogen-bond donors (Lipinski definition) is 6. The Labute approximate surface area is 267 Å². The fourth-order valence-electron chi connectivity index (χ4n) is 4.63. The standard InChI is InChI=1S/C25H27ClN10O7S2/c1-10(22(39)40)43-33-15(14-18(26)45-24(28)32-14)19(37)31-16-20(38)36-17(23(41)42)11(9-44-21(16)36)7-35-5-3-12-13(8-35)30-25(29-12)34(2)6-4-27/h3,5,8,10,16,21H,4,6-7,9,27H2,1-2H3,(H5,28,31,32,37,39,40,41,42)/p+1/t10-,16+,21?/m0/s1. The molecule has 2 aliphatic heterocycles. The third-order valence-electron chi connectivity index (χ3n) is 6.90. The number of thiazole rings is 1. The number of hydrogen-bond acceptors (Lipinski definition) is 13. The van der Waals surface area contributed by atoms with Gasteiger partial charge in [0, 0.05) is 37.5 Å². The Morgan fingerprint density at radius 2 is 2.13 bits per heavy atom. The number of H-pyrrole nitrogens is 1. The topological polar surface area (TPSA) is 246 Å². The Kier molecular flexibility index (Phi) is 9.14. The van der Waals surface area contributed by atoms with Gasteiger partial charge in [0.05, 0.1) is 0 Å². The first-order valence-corrected chi connectivity index (χ1v) is 15.5. The number of halogens is 1. The lowest BCUT2D eigenvalue weighted by Crippen LogP contribution is -2.71. The van der Waals surface area contributed by atoms with Crippen molar-refractivity contribution in [2.24, 2.45) is 10.9 Å². The van der Waals surface area contributed by atoms with Crippen molar-refractivity contribution in [2.45, 2.75) is 31.0 Å². The fraction of sp³-hybridized carbons (Fsp3) is 0.360. The van der Waals surface area contributed by atoms with E-state index in [9.17, 15) is 24.3 Å². The summed E-state index contributed by atoms with van der Waals surface area (Å²) in [5.74, 6) is -3.31. The van der Waals surface area contributed by atoms with E-state index in [2.05, 4.69) is 25.4 Å². The van der Waals surface area contributed by atoms with Crippen LogP contribution in [-0.4, -0.2) is 103 Å². The van der Waals surface area contributed by atoms with Crippen LogP contribution in [0, 0.1) is 0 Å². The van der Waals surface area contributed by atoms with Crippen molar-refractivity contribution in [2.75, 3.05) is 36.5 Å². The van der Waals surface area contributed by atoms with E-state index in [-0.39, 0.29) is 33.2 Å². The number of nitrogens with two attached hydrogens (primary N) is 2. The average molecular weight is 680 g/mol. The highest BCUT2D eigenvalue weighted by atomic mass is 35.5. The van der Waals surface area contributed by atoms with Crippen molar-refractivity contribution in [3.8, 4) is 0 Å². The summed E-state index contributed by atoms with van der Waals surface area (Å²) < 4.78 is 1.78. The maximum absolute atomic E-state index is 13.3. The Bertz CT molecular complexity index is 1760. The summed E-state index contributed by atoms with van der Waals surface area (Å²) in [5, 5.41) is 24.7. The molecule has 5 heterocycles. The van der Waals surface area contributed by atoms with E-state index in [0.29, 0.717) is 24.6 Å². The number of nitrogens with zero attached hydrogens (tertiary/aromatic N) is 6. The molecule has 0 saturated carbocycles. The number of pyridine rings is 1. The molecule has 17 nitrogen and oxygen atoms in total. The number of thioether (sulfide) groups is 1. The summed E-state index contributed by atoms with van der Waals surface area (Å²) in [6.45, 7) is 2.46. The van der Waals surface area contributed by atoms with Crippen LogP contribution < -0.4 is 26.3 Å². The molecule has 0 aliphatic carbocycles. The third kappa shape index (κ3) is 6.37. The molecule has 238 valence electrons. The number of nitrogens with one attached hydrogen (secondary N) is 2. The number of aliphatic carboxylic acids is 2. The number of carboxylic acid groups (broad SMARTS) is 2. The second kappa shape index (κ2) is 12.9. The van der Waals surface area contributed by atoms with Crippen LogP contribution in [0.1, 0.15) is 12.6 Å². The lowest BCUT2D eigenvalue weighted by Gasteiger charge is -2.49. The monoisotopic (exact) mass is 679 g/mol. The summed E-state index contributed by atoms with van der Waals surface area (Å²) in [4.78, 5) is 69.9. The molecule has 8 N–H and O–H groups in total. The minimum Gasteiger partial charge on any atom is -0.478 e.